The molecule has 3 atom stereocenters. The number of aryl methyl sites for hydroxylation is 1. The number of hydrogen-bond donors (Lipinski definition) is 4. The summed E-state index contributed by atoms with van der Waals surface area (Å²) in [6.45, 7) is 1.34. The van der Waals surface area contributed by atoms with Crippen LogP contribution in [0.2, 0.25) is 0 Å². The van der Waals surface area contributed by atoms with E-state index < -0.39 is 17.6 Å². The molecule has 0 bridgehead atoms. The number of hydrogen-bond acceptors (Lipinski definition) is 8. The van der Waals surface area contributed by atoms with Crippen molar-refractivity contribution in [3.8, 4) is 17.6 Å². The van der Waals surface area contributed by atoms with E-state index in [-0.39, 0.29) is 18.2 Å². The summed E-state index contributed by atoms with van der Waals surface area (Å²) >= 11 is 0. The van der Waals surface area contributed by atoms with Crippen LogP contribution in [0.5, 0.6) is 11.5 Å². The molecule has 0 saturated heterocycles. The summed E-state index contributed by atoms with van der Waals surface area (Å²) in [5.74, 6) is -0.236. The molecular formula is C28H33N3O7. The number of benzene rings is 2. The number of aliphatic carboxylic acids is 1. The first kappa shape index (κ1) is 27.4. The van der Waals surface area contributed by atoms with Gasteiger partial charge in [0.05, 0.1) is 32.0 Å². The predicted octanol–water partition coefficient (Wildman–Crippen LogP) is 2.88. The highest BCUT2D eigenvalue weighted by Crippen LogP contribution is 2.61. The molecule has 1 fully saturated rings. The molecule has 1 aliphatic carbocycles. The third-order valence-electron chi connectivity index (χ3n) is 7.34. The maximum absolute atomic E-state index is 13.5. The van der Waals surface area contributed by atoms with Gasteiger partial charge in [0.2, 0.25) is 5.91 Å². The van der Waals surface area contributed by atoms with Crippen LogP contribution < -0.4 is 20.1 Å². The quantitative estimate of drug-likeness (QED) is 0.243. The molecule has 202 valence electrons. The molecule has 10 nitrogen and oxygen atoms in total. The van der Waals surface area contributed by atoms with Crippen molar-refractivity contribution < 1.29 is 34.0 Å². The fourth-order valence-corrected chi connectivity index (χ4v) is 5.22. The molecule has 1 heterocycles. The lowest BCUT2D eigenvalue weighted by molar-refractivity contribution is -0.137. The number of rotatable bonds is 12. The van der Waals surface area contributed by atoms with Gasteiger partial charge in [-0.1, -0.05) is 6.07 Å². The zero-order valence-corrected chi connectivity index (χ0v) is 21.6. The van der Waals surface area contributed by atoms with Crippen LogP contribution in [0, 0.1) is 17.2 Å². The van der Waals surface area contributed by atoms with Crippen molar-refractivity contribution in [1.29, 1.82) is 5.26 Å². The van der Waals surface area contributed by atoms with Gasteiger partial charge in [0, 0.05) is 54.3 Å². The summed E-state index contributed by atoms with van der Waals surface area (Å²) in [7, 11) is 3.12. The average molecular weight is 524 g/mol. The number of amides is 1. The molecule has 2 aromatic carbocycles. The van der Waals surface area contributed by atoms with Crippen LogP contribution in [0.3, 0.4) is 0 Å². The Morgan fingerprint density at radius 3 is 2.82 bits per heavy atom. The fourth-order valence-electron chi connectivity index (χ4n) is 5.22. The van der Waals surface area contributed by atoms with Gasteiger partial charge in [-0.3, -0.25) is 14.9 Å². The third-order valence-corrected chi connectivity index (χ3v) is 7.34. The predicted molar refractivity (Wildman–Crippen MR) is 138 cm³/mol. The molecule has 0 radical (unpaired) electrons. The molecule has 4 rings (SSSR count). The van der Waals surface area contributed by atoms with E-state index in [1.165, 1.54) is 7.11 Å². The maximum Gasteiger partial charge on any atom is 0.303 e. The minimum atomic E-state index is -0.988. The number of carboxylic acid groups (broad SMARTS) is 1. The van der Waals surface area contributed by atoms with Crippen LogP contribution in [-0.4, -0.2) is 56.1 Å². The van der Waals surface area contributed by atoms with E-state index in [2.05, 4.69) is 16.7 Å². The number of anilines is 1. The van der Waals surface area contributed by atoms with Gasteiger partial charge < -0.3 is 29.7 Å². The number of aliphatic hydroxyl groups excluding tert-OH is 1. The SMILES string of the molecule is COCCNC(O)c1cc2c(cc1OC)OCC[C@]21C[C@H]1C(=O)Nc1cc(C#N)ccc1CCCC(=O)O. The number of carboxylic acids is 1. The highest BCUT2D eigenvalue weighted by Gasteiger charge is 2.61. The molecule has 2 aliphatic rings. The van der Waals surface area contributed by atoms with Crippen molar-refractivity contribution >= 4 is 17.6 Å². The molecule has 4 N–H and O–H groups in total. The molecule has 10 heteroatoms. The number of nitriles is 1. The Morgan fingerprint density at radius 1 is 1.29 bits per heavy atom. The second-order valence-corrected chi connectivity index (χ2v) is 9.67. The van der Waals surface area contributed by atoms with Gasteiger partial charge in [-0.05, 0) is 49.4 Å². The van der Waals surface area contributed by atoms with Crippen LogP contribution in [0.4, 0.5) is 5.69 Å². The average Bonchev–Trinajstić information content (AvgIpc) is 3.63. The first-order valence-corrected chi connectivity index (χ1v) is 12.6. The molecule has 1 unspecified atom stereocenters. The number of carbonyl (C=O) groups excluding carboxylic acids is 1. The molecule has 2 aromatic rings. The van der Waals surface area contributed by atoms with Crippen LogP contribution in [-0.2, 0) is 26.2 Å². The van der Waals surface area contributed by atoms with Crippen LogP contribution >= 0.6 is 0 Å². The Bertz CT molecular complexity index is 1240. The van der Waals surface area contributed by atoms with Crippen molar-refractivity contribution in [2.45, 2.75) is 43.7 Å². The van der Waals surface area contributed by atoms with E-state index in [0.29, 0.717) is 73.8 Å². The maximum atomic E-state index is 13.5. The molecule has 38 heavy (non-hydrogen) atoms. The van der Waals surface area contributed by atoms with E-state index in [1.54, 1.807) is 31.4 Å². The highest BCUT2D eigenvalue weighted by atomic mass is 16.5. The number of carbonyl (C=O) groups is 2. The van der Waals surface area contributed by atoms with Crippen molar-refractivity contribution in [2.75, 3.05) is 39.3 Å². The van der Waals surface area contributed by atoms with Gasteiger partial charge in [0.25, 0.3) is 0 Å². The number of ether oxygens (including phenoxy) is 3. The number of fused-ring (bicyclic) bond motifs is 2. The first-order valence-electron chi connectivity index (χ1n) is 12.6. The summed E-state index contributed by atoms with van der Waals surface area (Å²) in [4.78, 5) is 24.4. The third kappa shape index (κ3) is 5.75. The van der Waals surface area contributed by atoms with Gasteiger partial charge in [0.15, 0.2) is 0 Å². The summed E-state index contributed by atoms with van der Waals surface area (Å²) in [5.41, 5.74) is 2.72. The normalized spacial score (nSPS) is 20.1. The highest BCUT2D eigenvalue weighted by molar-refractivity contribution is 5.97. The lowest BCUT2D eigenvalue weighted by Gasteiger charge is -2.29. The van der Waals surface area contributed by atoms with Crippen molar-refractivity contribution in [2.24, 2.45) is 5.92 Å². The first-order chi connectivity index (χ1) is 18.3. The van der Waals surface area contributed by atoms with Gasteiger partial charge >= 0.3 is 5.97 Å². The molecular weight excluding hydrogens is 490 g/mol. The Morgan fingerprint density at radius 2 is 2.11 bits per heavy atom. The standard InChI is InChI=1S/C28H33N3O7/c1-36-11-9-30-26(34)19-13-20-24(14-23(19)37-2)38-10-8-28(20)15-21(28)27(35)31-22-12-17(16-29)6-7-18(22)4-3-5-25(32)33/h6-7,12-14,21,26,30,34H,3-5,8-11,15H2,1-2H3,(H,31,35)(H,32,33)/t21-,26?,28-/m0/s1. The number of methoxy groups -OCH3 is 2. The number of nitrogens with zero attached hydrogens (tertiary/aromatic N) is 1. The minimum absolute atomic E-state index is 0.0217. The van der Waals surface area contributed by atoms with E-state index in [4.69, 9.17) is 19.3 Å². The molecule has 0 aromatic heterocycles. The summed E-state index contributed by atoms with van der Waals surface area (Å²) in [6, 6.07) is 10.8. The lowest BCUT2D eigenvalue weighted by atomic mass is 9.85. The van der Waals surface area contributed by atoms with Crippen LogP contribution in [0.1, 0.15) is 54.2 Å². The Balaban J connectivity index is 1.56. The van der Waals surface area contributed by atoms with E-state index >= 15 is 0 Å². The second kappa shape index (κ2) is 11.8. The largest absolute Gasteiger partial charge is 0.496 e. The smallest absolute Gasteiger partial charge is 0.303 e. The van der Waals surface area contributed by atoms with Gasteiger partial charge in [-0.2, -0.15) is 5.26 Å². The molecule has 1 saturated carbocycles. The Labute approximate surface area is 221 Å². The summed E-state index contributed by atoms with van der Waals surface area (Å²) in [5, 5.41) is 35.1. The zero-order chi connectivity index (χ0) is 27.3. The van der Waals surface area contributed by atoms with Crippen LogP contribution in [0.25, 0.3) is 0 Å². The van der Waals surface area contributed by atoms with E-state index in [0.717, 1.165) is 11.1 Å². The molecule has 1 amide bonds. The summed E-state index contributed by atoms with van der Waals surface area (Å²) < 4.78 is 16.5. The van der Waals surface area contributed by atoms with E-state index in [1.807, 2.05) is 6.07 Å². The fraction of sp³-hybridized carbons (Fsp3) is 0.464. The minimum Gasteiger partial charge on any atom is -0.496 e. The van der Waals surface area contributed by atoms with Crippen LogP contribution in [0.15, 0.2) is 30.3 Å². The van der Waals surface area contributed by atoms with Gasteiger partial charge in [0.1, 0.15) is 17.7 Å². The van der Waals surface area contributed by atoms with Crippen molar-refractivity contribution in [3.63, 3.8) is 0 Å². The lowest BCUT2D eigenvalue weighted by Crippen LogP contribution is -2.29. The topological polar surface area (TPSA) is 150 Å². The summed E-state index contributed by atoms with van der Waals surface area (Å²) in [6.07, 6.45) is 1.21. The number of aliphatic hydroxyl groups is 1. The van der Waals surface area contributed by atoms with Gasteiger partial charge in [-0.15, -0.1) is 0 Å². The van der Waals surface area contributed by atoms with Crippen molar-refractivity contribution in [1.82, 2.24) is 5.32 Å². The Kier molecular flexibility index (Phi) is 8.52. The Hall–Kier alpha value is -3.65. The molecule has 1 spiro atoms. The van der Waals surface area contributed by atoms with E-state index in [9.17, 15) is 20.0 Å². The monoisotopic (exact) mass is 523 g/mol. The zero-order valence-electron chi connectivity index (χ0n) is 21.6. The van der Waals surface area contributed by atoms with Gasteiger partial charge in [-0.25, -0.2) is 0 Å². The van der Waals surface area contributed by atoms with Crippen molar-refractivity contribution in [3.05, 3.63) is 52.6 Å². The second-order valence-electron chi connectivity index (χ2n) is 9.67. The number of nitrogens with one attached hydrogen (secondary N) is 2. The molecule has 1 aliphatic heterocycles.